The molecule has 0 aromatic heterocycles. The highest BCUT2D eigenvalue weighted by Crippen LogP contribution is 2.01. The molecule has 0 aromatic rings. The summed E-state index contributed by atoms with van der Waals surface area (Å²) < 4.78 is 4.53. The number of nitrogens with one attached hydrogen (secondary N) is 1. The van der Waals surface area contributed by atoms with Crippen molar-refractivity contribution in [1.82, 2.24) is 10.2 Å². The summed E-state index contributed by atoms with van der Waals surface area (Å²) in [4.78, 5) is 24.6. The van der Waals surface area contributed by atoms with Crippen LogP contribution in [0.4, 0.5) is 0 Å². The Kier molecular flexibility index (Phi) is 11.1. The summed E-state index contributed by atoms with van der Waals surface area (Å²) in [5.74, 6) is -0.272. The minimum Gasteiger partial charge on any atom is -0.469 e. The molecule has 0 fully saturated rings. The molecule has 0 bridgehead atoms. The number of amides is 1. The van der Waals surface area contributed by atoms with E-state index in [2.05, 4.69) is 10.1 Å². The van der Waals surface area contributed by atoms with Crippen LogP contribution in [-0.2, 0) is 14.3 Å². The first-order chi connectivity index (χ1) is 9.15. The average Bonchev–Trinajstić information content (AvgIpc) is 2.41. The summed E-state index contributed by atoms with van der Waals surface area (Å²) in [5, 5.41) is 3.13. The first-order valence-corrected chi connectivity index (χ1v) is 6.61. The molecule has 0 heterocycles. The number of nitrogens with two attached hydrogens (primary N) is 2. The van der Waals surface area contributed by atoms with E-state index in [1.165, 1.54) is 7.11 Å². The van der Waals surface area contributed by atoms with Crippen molar-refractivity contribution in [1.29, 1.82) is 0 Å². The van der Waals surface area contributed by atoms with Gasteiger partial charge < -0.3 is 26.4 Å². The van der Waals surface area contributed by atoms with E-state index < -0.39 is 0 Å². The second-order valence-corrected chi connectivity index (χ2v) is 4.14. The van der Waals surface area contributed by atoms with E-state index in [-0.39, 0.29) is 18.3 Å². The largest absolute Gasteiger partial charge is 0.469 e. The van der Waals surface area contributed by atoms with Crippen molar-refractivity contribution in [2.24, 2.45) is 11.5 Å². The van der Waals surface area contributed by atoms with Gasteiger partial charge in [0.05, 0.1) is 7.11 Å². The molecule has 0 unspecified atom stereocenters. The maximum Gasteiger partial charge on any atom is 0.305 e. The molecule has 0 atom stereocenters. The molecule has 5 N–H and O–H groups in total. The molecule has 0 saturated carbocycles. The maximum atomic E-state index is 11.9. The SMILES string of the molecule is COC(=O)CCCC(=O)N(CCN)CCNCCN. The normalized spacial score (nSPS) is 10.3. The Labute approximate surface area is 114 Å². The van der Waals surface area contributed by atoms with Gasteiger partial charge in [-0.1, -0.05) is 0 Å². The quantitative estimate of drug-likeness (QED) is 0.318. The van der Waals surface area contributed by atoms with Crippen molar-refractivity contribution < 1.29 is 14.3 Å². The third kappa shape index (κ3) is 9.40. The van der Waals surface area contributed by atoms with Crippen LogP contribution in [0.25, 0.3) is 0 Å². The molecule has 112 valence electrons. The van der Waals surface area contributed by atoms with Gasteiger partial charge in [-0.05, 0) is 6.42 Å². The van der Waals surface area contributed by atoms with Crippen LogP contribution in [0.3, 0.4) is 0 Å². The lowest BCUT2D eigenvalue weighted by molar-refractivity contribution is -0.140. The first-order valence-electron chi connectivity index (χ1n) is 6.61. The maximum absolute atomic E-state index is 11.9. The molecule has 0 aliphatic heterocycles. The van der Waals surface area contributed by atoms with Crippen LogP contribution >= 0.6 is 0 Å². The Morgan fingerprint density at radius 1 is 1.11 bits per heavy atom. The summed E-state index contributed by atoms with van der Waals surface area (Å²) in [7, 11) is 1.34. The van der Waals surface area contributed by atoms with E-state index in [1.807, 2.05) is 0 Å². The van der Waals surface area contributed by atoms with E-state index in [1.54, 1.807) is 4.90 Å². The second-order valence-electron chi connectivity index (χ2n) is 4.14. The summed E-state index contributed by atoms with van der Waals surface area (Å²) >= 11 is 0. The average molecular weight is 274 g/mol. The minimum absolute atomic E-state index is 0.0175. The Balaban J connectivity index is 3.92. The second kappa shape index (κ2) is 11.9. The van der Waals surface area contributed by atoms with Gasteiger partial charge in [-0.2, -0.15) is 0 Å². The van der Waals surface area contributed by atoms with Crippen molar-refractivity contribution in [3.8, 4) is 0 Å². The molecule has 19 heavy (non-hydrogen) atoms. The zero-order valence-electron chi connectivity index (χ0n) is 11.7. The van der Waals surface area contributed by atoms with Crippen LogP contribution in [0.15, 0.2) is 0 Å². The molecule has 0 aliphatic carbocycles. The molecular formula is C12H26N4O3. The van der Waals surface area contributed by atoms with E-state index in [9.17, 15) is 9.59 Å². The molecule has 0 rings (SSSR count). The number of hydrogen-bond acceptors (Lipinski definition) is 6. The highest BCUT2D eigenvalue weighted by molar-refractivity contribution is 5.77. The number of ether oxygens (including phenoxy) is 1. The third-order valence-electron chi connectivity index (χ3n) is 2.63. The fraction of sp³-hybridized carbons (Fsp3) is 0.833. The van der Waals surface area contributed by atoms with Gasteiger partial charge in [0, 0.05) is 52.1 Å². The van der Waals surface area contributed by atoms with E-state index in [0.29, 0.717) is 45.6 Å². The fourth-order valence-corrected chi connectivity index (χ4v) is 1.60. The summed E-state index contributed by atoms with van der Waals surface area (Å²) in [6.45, 7) is 3.56. The molecule has 1 amide bonds. The van der Waals surface area contributed by atoms with Crippen molar-refractivity contribution >= 4 is 11.9 Å². The number of hydrogen-bond donors (Lipinski definition) is 3. The van der Waals surface area contributed by atoms with Crippen LogP contribution in [0.1, 0.15) is 19.3 Å². The van der Waals surface area contributed by atoms with Gasteiger partial charge in [0.1, 0.15) is 0 Å². The Hall–Kier alpha value is -1.18. The van der Waals surface area contributed by atoms with Gasteiger partial charge in [0.15, 0.2) is 0 Å². The number of carbonyl (C=O) groups is 2. The Bertz CT molecular complexity index is 261. The van der Waals surface area contributed by atoms with Gasteiger partial charge in [-0.15, -0.1) is 0 Å². The van der Waals surface area contributed by atoms with Gasteiger partial charge in [0.25, 0.3) is 0 Å². The molecular weight excluding hydrogens is 248 g/mol. The summed E-state index contributed by atoms with van der Waals surface area (Å²) in [5.41, 5.74) is 10.9. The Morgan fingerprint density at radius 2 is 1.84 bits per heavy atom. The summed E-state index contributed by atoms with van der Waals surface area (Å²) in [6.07, 6.45) is 1.11. The molecule has 0 spiro atoms. The summed E-state index contributed by atoms with van der Waals surface area (Å²) in [6, 6.07) is 0. The van der Waals surface area contributed by atoms with Crippen LogP contribution in [0, 0.1) is 0 Å². The number of esters is 1. The van der Waals surface area contributed by atoms with E-state index in [4.69, 9.17) is 11.5 Å². The number of carbonyl (C=O) groups excluding carboxylic acids is 2. The Morgan fingerprint density at radius 3 is 2.42 bits per heavy atom. The zero-order valence-corrected chi connectivity index (χ0v) is 11.7. The fourth-order valence-electron chi connectivity index (χ4n) is 1.60. The van der Waals surface area contributed by atoms with Crippen LogP contribution in [0.2, 0.25) is 0 Å². The molecule has 0 aromatic carbocycles. The van der Waals surface area contributed by atoms with Crippen LogP contribution < -0.4 is 16.8 Å². The van der Waals surface area contributed by atoms with Crippen molar-refractivity contribution in [3.63, 3.8) is 0 Å². The van der Waals surface area contributed by atoms with Crippen LogP contribution in [-0.4, -0.2) is 63.2 Å². The standard InChI is InChI=1S/C12H26N4O3/c1-19-12(18)4-2-3-11(17)16(9-6-14)10-8-15-7-5-13/h15H,2-10,13-14H2,1H3. The number of methoxy groups -OCH3 is 1. The molecule has 0 aliphatic rings. The zero-order chi connectivity index (χ0) is 14.5. The first kappa shape index (κ1) is 17.8. The van der Waals surface area contributed by atoms with Gasteiger partial charge in [0.2, 0.25) is 5.91 Å². The topological polar surface area (TPSA) is 111 Å². The predicted molar refractivity (Wildman–Crippen MR) is 73.4 cm³/mol. The molecule has 0 radical (unpaired) electrons. The third-order valence-corrected chi connectivity index (χ3v) is 2.63. The van der Waals surface area contributed by atoms with Gasteiger partial charge >= 0.3 is 5.97 Å². The smallest absolute Gasteiger partial charge is 0.305 e. The molecule has 7 nitrogen and oxygen atoms in total. The molecule has 7 heteroatoms. The molecule has 0 saturated heterocycles. The lowest BCUT2D eigenvalue weighted by Crippen LogP contribution is -2.40. The monoisotopic (exact) mass is 274 g/mol. The van der Waals surface area contributed by atoms with Crippen LogP contribution in [0.5, 0.6) is 0 Å². The highest BCUT2D eigenvalue weighted by atomic mass is 16.5. The van der Waals surface area contributed by atoms with Crippen molar-refractivity contribution in [3.05, 3.63) is 0 Å². The van der Waals surface area contributed by atoms with E-state index in [0.717, 1.165) is 6.54 Å². The van der Waals surface area contributed by atoms with Crippen molar-refractivity contribution in [2.45, 2.75) is 19.3 Å². The van der Waals surface area contributed by atoms with Gasteiger partial charge in [-0.3, -0.25) is 9.59 Å². The highest BCUT2D eigenvalue weighted by Gasteiger charge is 2.12. The van der Waals surface area contributed by atoms with Crippen molar-refractivity contribution in [2.75, 3.05) is 46.4 Å². The lowest BCUT2D eigenvalue weighted by Gasteiger charge is -2.22. The van der Waals surface area contributed by atoms with Gasteiger partial charge in [-0.25, -0.2) is 0 Å². The van der Waals surface area contributed by atoms with E-state index >= 15 is 0 Å². The minimum atomic E-state index is -0.289. The number of rotatable bonds is 11. The predicted octanol–water partition coefficient (Wildman–Crippen LogP) is -1.33. The lowest BCUT2D eigenvalue weighted by atomic mass is 10.2. The number of nitrogens with zero attached hydrogens (tertiary/aromatic N) is 1.